The molecule has 1 rings (SSSR count). The van der Waals surface area contributed by atoms with E-state index in [0.717, 1.165) is 23.9 Å². The lowest BCUT2D eigenvalue weighted by Crippen LogP contribution is -2.00. The zero-order valence-electron chi connectivity index (χ0n) is 7.36. The van der Waals surface area contributed by atoms with Gasteiger partial charge in [0.05, 0.1) is 6.54 Å². The van der Waals surface area contributed by atoms with Gasteiger partial charge in [0.25, 0.3) is 0 Å². The first kappa shape index (κ1) is 9.32. The molecule has 0 fully saturated rings. The second-order valence-corrected chi connectivity index (χ2v) is 2.91. The molecule has 0 N–H and O–H groups in total. The van der Waals surface area contributed by atoms with E-state index in [1.807, 2.05) is 30.7 Å². The minimum atomic E-state index is 0.771. The molecule has 66 valence electrons. The van der Waals surface area contributed by atoms with Gasteiger partial charge in [-0.15, -0.1) is 0 Å². The topological polar surface area (TPSA) is 30.7 Å². The van der Waals surface area contributed by atoms with Crippen LogP contribution in [0.5, 0.6) is 0 Å². The highest BCUT2D eigenvalue weighted by Gasteiger charge is 1.98. The fraction of sp³-hybridized carbons (Fsp3) is 0.500. The van der Waals surface area contributed by atoms with Crippen molar-refractivity contribution in [1.29, 1.82) is 0 Å². The van der Waals surface area contributed by atoms with Gasteiger partial charge in [0.2, 0.25) is 0 Å². The Morgan fingerprint density at radius 2 is 2.17 bits per heavy atom. The van der Waals surface area contributed by atoms with Crippen LogP contribution in [0.15, 0.2) is 12.2 Å². The number of hydrogen-bond acceptors (Lipinski definition) is 3. The summed E-state index contributed by atoms with van der Waals surface area (Å²) >= 11 is 4.07. The van der Waals surface area contributed by atoms with Crippen LogP contribution in [0.1, 0.15) is 11.6 Å². The van der Waals surface area contributed by atoms with Gasteiger partial charge in [-0.2, -0.15) is 17.7 Å². The molecule has 3 nitrogen and oxygen atoms in total. The van der Waals surface area contributed by atoms with Gasteiger partial charge in [-0.25, -0.2) is 9.67 Å². The molecule has 1 aromatic rings. The lowest BCUT2D eigenvalue weighted by Gasteiger charge is -1.95. The van der Waals surface area contributed by atoms with Crippen LogP contribution < -0.4 is 0 Å². The van der Waals surface area contributed by atoms with E-state index in [1.165, 1.54) is 0 Å². The fourth-order valence-corrected chi connectivity index (χ4v) is 1.13. The summed E-state index contributed by atoms with van der Waals surface area (Å²) in [5, 5.41) is 4.21. The highest BCUT2D eigenvalue weighted by molar-refractivity contribution is 7.80. The average Bonchev–Trinajstić information content (AvgIpc) is 2.31. The van der Waals surface area contributed by atoms with Crippen molar-refractivity contribution in [1.82, 2.24) is 14.8 Å². The molecule has 0 aliphatic heterocycles. The molecule has 0 bridgehead atoms. The van der Waals surface area contributed by atoms with E-state index in [4.69, 9.17) is 0 Å². The molecule has 0 aromatic carbocycles. The van der Waals surface area contributed by atoms with Crippen molar-refractivity contribution in [3.8, 4) is 0 Å². The molecule has 0 aliphatic carbocycles. The largest absolute Gasteiger partial charge is 0.246 e. The number of rotatable bonds is 3. The Hall–Kier alpha value is -0.770. The fourth-order valence-electron chi connectivity index (χ4n) is 0.983. The molecule has 0 radical (unpaired) electrons. The molecule has 0 atom stereocenters. The smallest absolute Gasteiger partial charge is 0.147 e. The quantitative estimate of drug-likeness (QED) is 0.567. The zero-order chi connectivity index (χ0) is 8.97. The molecule has 4 heteroatoms. The molecule has 0 spiro atoms. The van der Waals surface area contributed by atoms with Gasteiger partial charge in [0.15, 0.2) is 0 Å². The summed E-state index contributed by atoms with van der Waals surface area (Å²) in [6.45, 7) is 4.63. The predicted octanol–water partition coefficient (Wildman–Crippen LogP) is 1.38. The minimum absolute atomic E-state index is 0.771. The lowest BCUT2D eigenvalue weighted by molar-refractivity contribution is 0.669. The van der Waals surface area contributed by atoms with E-state index >= 15 is 0 Å². The van der Waals surface area contributed by atoms with Crippen LogP contribution in [0.3, 0.4) is 0 Å². The van der Waals surface area contributed by atoms with Crippen LogP contribution in [0.2, 0.25) is 0 Å². The van der Waals surface area contributed by atoms with Crippen LogP contribution >= 0.6 is 12.6 Å². The van der Waals surface area contributed by atoms with Crippen LogP contribution in [-0.4, -0.2) is 20.5 Å². The Morgan fingerprint density at radius 1 is 1.42 bits per heavy atom. The second kappa shape index (κ2) is 4.30. The number of aryl methyl sites for hydroxylation is 2. The van der Waals surface area contributed by atoms with Crippen molar-refractivity contribution in [3.63, 3.8) is 0 Å². The van der Waals surface area contributed by atoms with E-state index in [1.54, 1.807) is 0 Å². The Bertz CT molecular complexity index is 278. The summed E-state index contributed by atoms with van der Waals surface area (Å²) in [5.74, 6) is 2.55. The summed E-state index contributed by atoms with van der Waals surface area (Å²) in [5.41, 5.74) is 0. The summed E-state index contributed by atoms with van der Waals surface area (Å²) in [6.07, 6.45) is 4.04. The van der Waals surface area contributed by atoms with Crippen molar-refractivity contribution >= 4 is 12.6 Å². The van der Waals surface area contributed by atoms with Gasteiger partial charge in [-0.3, -0.25) is 0 Å². The molecule has 0 unspecified atom stereocenters. The highest BCUT2D eigenvalue weighted by Crippen LogP contribution is 1.95. The molecular formula is C8H13N3S. The number of nitrogens with zero attached hydrogens (tertiary/aromatic N) is 3. The van der Waals surface area contributed by atoms with Gasteiger partial charge < -0.3 is 0 Å². The molecule has 0 saturated carbocycles. The third-order valence-electron chi connectivity index (χ3n) is 1.51. The summed E-state index contributed by atoms with van der Waals surface area (Å²) in [7, 11) is 0. The predicted molar refractivity (Wildman–Crippen MR) is 52.5 cm³/mol. The van der Waals surface area contributed by atoms with Crippen LogP contribution in [0.4, 0.5) is 0 Å². The summed E-state index contributed by atoms with van der Waals surface area (Å²) < 4.78 is 1.87. The maximum Gasteiger partial charge on any atom is 0.147 e. The summed E-state index contributed by atoms with van der Waals surface area (Å²) in [4.78, 5) is 4.19. The minimum Gasteiger partial charge on any atom is -0.246 e. The monoisotopic (exact) mass is 183 g/mol. The Labute approximate surface area is 77.9 Å². The number of thiol groups is 1. The normalized spacial score (nSPS) is 11.2. The Morgan fingerprint density at radius 3 is 2.67 bits per heavy atom. The first-order chi connectivity index (χ1) is 5.74. The third-order valence-corrected chi connectivity index (χ3v) is 1.72. The third kappa shape index (κ3) is 2.37. The van der Waals surface area contributed by atoms with Gasteiger partial charge >= 0.3 is 0 Å². The molecule has 0 amide bonds. The first-order valence-corrected chi connectivity index (χ1v) is 4.51. The highest BCUT2D eigenvalue weighted by atomic mass is 32.1. The van der Waals surface area contributed by atoms with Gasteiger partial charge in [0, 0.05) is 5.75 Å². The van der Waals surface area contributed by atoms with Gasteiger partial charge in [-0.1, -0.05) is 12.2 Å². The van der Waals surface area contributed by atoms with Crippen LogP contribution in [0, 0.1) is 13.8 Å². The number of hydrogen-bond donors (Lipinski definition) is 1. The maximum atomic E-state index is 4.21. The van der Waals surface area contributed by atoms with Crippen molar-refractivity contribution in [2.24, 2.45) is 0 Å². The molecule has 1 aromatic heterocycles. The first-order valence-electron chi connectivity index (χ1n) is 3.88. The van der Waals surface area contributed by atoms with Crippen molar-refractivity contribution in [2.45, 2.75) is 20.4 Å². The standard InChI is InChI=1S/C8H13N3S/c1-7-9-8(2)11(10-7)5-3-4-6-12/h3-4,12H,5-6H2,1-2H3. The van der Waals surface area contributed by atoms with Crippen molar-refractivity contribution in [3.05, 3.63) is 23.8 Å². The van der Waals surface area contributed by atoms with Crippen LogP contribution in [0.25, 0.3) is 0 Å². The molecular weight excluding hydrogens is 170 g/mol. The second-order valence-electron chi connectivity index (χ2n) is 2.54. The molecule has 0 saturated heterocycles. The van der Waals surface area contributed by atoms with E-state index in [-0.39, 0.29) is 0 Å². The van der Waals surface area contributed by atoms with E-state index in [0.29, 0.717) is 0 Å². The lowest BCUT2D eigenvalue weighted by atomic mass is 10.5. The number of aromatic nitrogens is 3. The number of allylic oxidation sites excluding steroid dienone is 1. The van der Waals surface area contributed by atoms with E-state index in [2.05, 4.69) is 22.7 Å². The Kier molecular flexibility index (Phi) is 3.34. The van der Waals surface area contributed by atoms with Crippen molar-refractivity contribution in [2.75, 3.05) is 5.75 Å². The average molecular weight is 183 g/mol. The summed E-state index contributed by atoms with van der Waals surface area (Å²) in [6, 6.07) is 0. The maximum absolute atomic E-state index is 4.21. The molecule has 12 heavy (non-hydrogen) atoms. The van der Waals surface area contributed by atoms with Crippen molar-refractivity contribution < 1.29 is 0 Å². The van der Waals surface area contributed by atoms with Gasteiger partial charge in [0.1, 0.15) is 11.6 Å². The van der Waals surface area contributed by atoms with E-state index in [9.17, 15) is 0 Å². The zero-order valence-corrected chi connectivity index (χ0v) is 8.25. The van der Waals surface area contributed by atoms with Gasteiger partial charge in [-0.05, 0) is 13.8 Å². The Balaban J connectivity index is 2.62. The SMILES string of the molecule is Cc1nc(C)n(CC=CCS)n1. The van der Waals surface area contributed by atoms with Crippen LogP contribution in [-0.2, 0) is 6.54 Å². The molecule has 0 aliphatic rings. The van der Waals surface area contributed by atoms with E-state index < -0.39 is 0 Å². The molecule has 1 heterocycles.